The summed E-state index contributed by atoms with van der Waals surface area (Å²) in [6.45, 7) is 4.96. The minimum atomic E-state index is 0. The highest BCUT2D eigenvalue weighted by atomic mass is 35.5. The molecule has 120 valence electrons. The van der Waals surface area contributed by atoms with Gasteiger partial charge in [-0.3, -0.25) is 4.90 Å². The van der Waals surface area contributed by atoms with Crippen LogP contribution in [0.1, 0.15) is 30.5 Å². The maximum Gasteiger partial charge on any atom is 0.123 e. The first-order valence-electron chi connectivity index (χ1n) is 7.72. The molecule has 2 heterocycles. The van der Waals surface area contributed by atoms with Crippen LogP contribution < -0.4 is 5.73 Å². The van der Waals surface area contributed by atoms with Gasteiger partial charge in [0.05, 0.1) is 5.69 Å². The molecule has 3 nitrogen and oxygen atoms in total. The van der Waals surface area contributed by atoms with E-state index in [1.54, 1.807) is 11.3 Å². The summed E-state index contributed by atoms with van der Waals surface area (Å²) in [5.74, 6) is 0. The second-order valence-corrected chi connectivity index (χ2v) is 6.72. The number of benzene rings is 1. The Bertz CT molecular complexity index is 582. The van der Waals surface area contributed by atoms with E-state index in [1.165, 1.54) is 36.1 Å². The molecule has 5 heteroatoms. The van der Waals surface area contributed by atoms with Crippen molar-refractivity contribution in [2.75, 3.05) is 13.1 Å². The van der Waals surface area contributed by atoms with Crippen LogP contribution in [0.4, 0.5) is 0 Å². The van der Waals surface area contributed by atoms with Crippen molar-refractivity contribution >= 4 is 23.7 Å². The minimum absolute atomic E-state index is 0. The Labute approximate surface area is 143 Å². The van der Waals surface area contributed by atoms with Crippen molar-refractivity contribution < 1.29 is 0 Å². The number of hydrogen-bond donors (Lipinski definition) is 1. The summed E-state index contributed by atoms with van der Waals surface area (Å²) in [5, 5.41) is 3.31. The van der Waals surface area contributed by atoms with Crippen molar-refractivity contribution in [1.29, 1.82) is 0 Å². The van der Waals surface area contributed by atoms with E-state index in [9.17, 15) is 0 Å². The summed E-state index contributed by atoms with van der Waals surface area (Å²) >= 11 is 1.74. The van der Waals surface area contributed by atoms with E-state index in [-0.39, 0.29) is 12.4 Å². The molecule has 1 aliphatic rings. The van der Waals surface area contributed by atoms with Crippen molar-refractivity contribution in [2.45, 2.75) is 38.8 Å². The number of thiazole rings is 1. The third kappa shape index (κ3) is 4.07. The smallest absolute Gasteiger partial charge is 0.123 e. The molecule has 1 saturated heterocycles. The highest BCUT2D eigenvalue weighted by molar-refractivity contribution is 7.13. The van der Waals surface area contributed by atoms with Crippen LogP contribution in [-0.2, 0) is 6.54 Å². The summed E-state index contributed by atoms with van der Waals surface area (Å²) in [6, 6.07) is 9.13. The quantitative estimate of drug-likeness (QED) is 0.921. The number of hydrogen-bond acceptors (Lipinski definition) is 4. The van der Waals surface area contributed by atoms with Crippen LogP contribution in [-0.4, -0.2) is 29.0 Å². The first kappa shape index (κ1) is 17.4. The van der Waals surface area contributed by atoms with Gasteiger partial charge in [0.2, 0.25) is 0 Å². The first-order chi connectivity index (χ1) is 10.3. The molecule has 22 heavy (non-hydrogen) atoms. The fraction of sp³-hybridized carbons (Fsp3) is 0.471. The van der Waals surface area contributed by atoms with Gasteiger partial charge in [0, 0.05) is 30.1 Å². The van der Waals surface area contributed by atoms with Crippen LogP contribution in [0.3, 0.4) is 0 Å². The lowest BCUT2D eigenvalue weighted by atomic mass is 10.0. The van der Waals surface area contributed by atoms with Gasteiger partial charge in [-0.2, -0.15) is 0 Å². The van der Waals surface area contributed by atoms with Gasteiger partial charge < -0.3 is 5.73 Å². The molecule has 1 fully saturated rings. The number of aryl methyl sites for hydroxylation is 1. The van der Waals surface area contributed by atoms with E-state index in [1.807, 2.05) is 0 Å². The zero-order valence-corrected chi connectivity index (χ0v) is 14.6. The lowest BCUT2D eigenvalue weighted by Crippen LogP contribution is -2.43. The zero-order valence-electron chi connectivity index (χ0n) is 13.0. The molecule has 0 bridgehead atoms. The minimum Gasteiger partial charge on any atom is -0.329 e. The van der Waals surface area contributed by atoms with Gasteiger partial charge in [-0.1, -0.05) is 36.2 Å². The van der Waals surface area contributed by atoms with Crippen molar-refractivity contribution in [3.63, 3.8) is 0 Å². The van der Waals surface area contributed by atoms with Gasteiger partial charge in [0.15, 0.2) is 0 Å². The molecule has 1 aliphatic heterocycles. The molecular weight excluding hydrogens is 314 g/mol. The van der Waals surface area contributed by atoms with Crippen molar-refractivity contribution in [3.8, 4) is 10.6 Å². The topological polar surface area (TPSA) is 42.2 Å². The average Bonchev–Trinajstić information content (AvgIpc) is 2.97. The fourth-order valence-electron chi connectivity index (χ4n) is 2.95. The molecule has 0 saturated carbocycles. The van der Waals surface area contributed by atoms with E-state index >= 15 is 0 Å². The molecule has 2 N–H and O–H groups in total. The number of piperidine rings is 1. The molecule has 0 spiro atoms. The lowest BCUT2D eigenvalue weighted by molar-refractivity contribution is 0.143. The largest absolute Gasteiger partial charge is 0.329 e. The van der Waals surface area contributed by atoms with Gasteiger partial charge in [-0.15, -0.1) is 23.7 Å². The Hall–Kier alpha value is -0.940. The highest BCUT2D eigenvalue weighted by Crippen LogP contribution is 2.26. The lowest BCUT2D eigenvalue weighted by Gasteiger charge is -2.34. The number of nitrogens with zero attached hydrogens (tertiary/aromatic N) is 2. The van der Waals surface area contributed by atoms with Gasteiger partial charge >= 0.3 is 0 Å². The maximum atomic E-state index is 5.90. The van der Waals surface area contributed by atoms with E-state index in [2.05, 4.69) is 41.5 Å². The van der Waals surface area contributed by atoms with Crippen molar-refractivity contribution in [3.05, 3.63) is 40.9 Å². The molecule has 1 unspecified atom stereocenters. The summed E-state index contributed by atoms with van der Waals surface area (Å²) < 4.78 is 0. The second kappa shape index (κ2) is 8.06. The third-order valence-corrected chi connectivity index (χ3v) is 5.18. The SMILES string of the molecule is Cc1ccc(-c2nc(CN3CCCCC3CN)cs2)cc1.Cl. The zero-order chi connectivity index (χ0) is 14.7. The van der Waals surface area contributed by atoms with Crippen LogP contribution in [0.25, 0.3) is 10.6 Å². The number of aromatic nitrogens is 1. The Morgan fingerprint density at radius 3 is 2.77 bits per heavy atom. The molecule has 0 amide bonds. The highest BCUT2D eigenvalue weighted by Gasteiger charge is 2.21. The number of nitrogens with two attached hydrogens (primary N) is 1. The monoisotopic (exact) mass is 337 g/mol. The van der Waals surface area contributed by atoms with Gasteiger partial charge in [-0.05, 0) is 26.3 Å². The van der Waals surface area contributed by atoms with Gasteiger partial charge in [-0.25, -0.2) is 4.98 Å². The average molecular weight is 338 g/mol. The standard InChI is InChI=1S/C17H23N3S.ClH/c1-13-5-7-14(8-6-13)17-19-15(12-21-17)11-20-9-3-2-4-16(20)10-18;/h5-8,12,16H,2-4,9-11,18H2,1H3;1H. The second-order valence-electron chi connectivity index (χ2n) is 5.87. The Kier molecular flexibility index (Phi) is 6.38. The third-order valence-electron chi connectivity index (χ3n) is 4.24. The molecular formula is C17H24ClN3S. The molecule has 0 radical (unpaired) electrons. The first-order valence-corrected chi connectivity index (χ1v) is 8.60. The molecule has 0 aliphatic carbocycles. The fourth-order valence-corrected chi connectivity index (χ4v) is 3.77. The predicted molar refractivity (Wildman–Crippen MR) is 96.6 cm³/mol. The summed E-state index contributed by atoms with van der Waals surface area (Å²) in [4.78, 5) is 7.31. The van der Waals surface area contributed by atoms with Crippen LogP contribution >= 0.6 is 23.7 Å². The number of likely N-dealkylation sites (tertiary alicyclic amines) is 1. The van der Waals surface area contributed by atoms with Crippen molar-refractivity contribution in [2.24, 2.45) is 5.73 Å². The normalized spacial score (nSPS) is 18.9. The Morgan fingerprint density at radius 2 is 2.05 bits per heavy atom. The number of rotatable bonds is 4. The van der Waals surface area contributed by atoms with E-state index in [0.29, 0.717) is 6.04 Å². The summed E-state index contributed by atoms with van der Waals surface area (Å²) in [6.07, 6.45) is 3.82. The van der Waals surface area contributed by atoms with Gasteiger partial charge in [0.25, 0.3) is 0 Å². The van der Waals surface area contributed by atoms with Crippen LogP contribution in [0.15, 0.2) is 29.6 Å². The van der Waals surface area contributed by atoms with Crippen molar-refractivity contribution in [1.82, 2.24) is 9.88 Å². The summed E-state index contributed by atoms with van der Waals surface area (Å²) in [5.41, 5.74) is 9.58. The predicted octanol–water partition coefficient (Wildman–Crippen LogP) is 3.85. The molecule has 3 rings (SSSR count). The molecule has 1 aromatic carbocycles. The van der Waals surface area contributed by atoms with E-state index in [4.69, 9.17) is 10.7 Å². The Morgan fingerprint density at radius 1 is 1.27 bits per heavy atom. The van der Waals surface area contributed by atoms with E-state index < -0.39 is 0 Å². The number of halogens is 1. The molecule has 1 atom stereocenters. The van der Waals surface area contributed by atoms with Gasteiger partial charge in [0.1, 0.15) is 5.01 Å². The van der Waals surface area contributed by atoms with Crippen LogP contribution in [0.5, 0.6) is 0 Å². The summed E-state index contributed by atoms with van der Waals surface area (Å²) in [7, 11) is 0. The molecule has 2 aromatic rings. The Balaban J connectivity index is 0.00000176. The molecule has 1 aromatic heterocycles. The van der Waals surface area contributed by atoms with E-state index in [0.717, 1.165) is 24.6 Å². The van der Waals surface area contributed by atoms with Crippen LogP contribution in [0.2, 0.25) is 0 Å². The maximum absolute atomic E-state index is 5.90. The van der Waals surface area contributed by atoms with Crippen LogP contribution in [0, 0.1) is 6.92 Å².